The van der Waals surface area contributed by atoms with Crippen molar-refractivity contribution in [2.24, 2.45) is 21.1 Å². The Kier molecular flexibility index (Phi) is 9.96. The van der Waals surface area contributed by atoms with Gasteiger partial charge in [0.25, 0.3) is 16.7 Å². The van der Waals surface area contributed by atoms with Crippen LogP contribution in [0.1, 0.15) is 28.5 Å². The van der Waals surface area contributed by atoms with Crippen molar-refractivity contribution in [3.05, 3.63) is 131 Å². The Hall–Kier alpha value is -5.43. The highest BCUT2D eigenvalue weighted by atomic mass is 35.5. The van der Waals surface area contributed by atoms with Gasteiger partial charge in [0.15, 0.2) is 17.5 Å². The van der Waals surface area contributed by atoms with Crippen LogP contribution in [0.25, 0.3) is 17.5 Å². The Morgan fingerprint density at radius 2 is 1.00 bits per heavy atom. The number of aryl methyl sites for hydroxylation is 4. The average Bonchev–Trinajstić information content (AvgIpc) is 3.49. The first-order valence-electron chi connectivity index (χ1n) is 14.3. The van der Waals surface area contributed by atoms with Crippen molar-refractivity contribution >= 4 is 17.3 Å². The van der Waals surface area contributed by atoms with Crippen molar-refractivity contribution in [2.45, 2.75) is 34.6 Å². The Morgan fingerprint density at radius 1 is 0.587 bits per heavy atom. The van der Waals surface area contributed by atoms with E-state index in [4.69, 9.17) is 17.3 Å². The predicted octanol–water partition coefficient (Wildman–Crippen LogP) is 3.49. The summed E-state index contributed by atoms with van der Waals surface area (Å²) in [4.78, 5) is 47.9. The lowest BCUT2D eigenvalue weighted by atomic mass is 10.4. The van der Waals surface area contributed by atoms with Crippen LogP contribution in [0.4, 0.5) is 5.69 Å². The third kappa shape index (κ3) is 6.94. The van der Waals surface area contributed by atoms with Crippen molar-refractivity contribution in [3.8, 4) is 17.5 Å². The predicted molar refractivity (Wildman–Crippen MR) is 180 cm³/mol. The normalized spacial score (nSPS) is 10.6. The molecule has 0 aliphatic rings. The third-order valence-corrected chi connectivity index (χ3v) is 7.61. The van der Waals surface area contributed by atoms with Gasteiger partial charge in [0.1, 0.15) is 10.8 Å². The maximum absolute atomic E-state index is 11.9. The van der Waals surface area contributed by atoms with Crippen LogP contribution in [-0.4, -0.2) is 43.0 Å². The second kappa shape index (κ2) is 13.7. The summed E-state index contributed by atoms with van der Waals surface area (Å²) >= 11 is 5.77. The van der Waals surface area contributed by atoms with E-state index in [1.807, 2.05) is 72.0 Å². The molecule has 13 nitrogen and oxygen atoms in total. The third-order valence-electron chi connectivity index (χ3n) is 7.40. The van der Waals surface area contributed by atoms with Crippen molar-refractivity contribution in [2.75, 3.05) is 5.73 Å². The van der Waals surface area contributed by atoms with E-state index in [0.29, 0.717) is 22.6 Å². The maximum Gasteiger partial charge on any atom is 0.296 e. The molecule has 6 heterocycles. The lowest BCUT2D eigenvalue weighted by Gasteiger charge is -2.07. The van der Waals surface area contributed by atoms with E-state index in [9.17, 15) is 14.4 Å². The topological polar surface area (TPSA) is 145 Å². The van der Waals surface area contributed by atoms with Gasteiger partial charge in [-0.1, -0.05) is 29.8 Å². The molecule has 240 valence electrons. The van der Waals surface area contributed by atoms with Gasteiger partial charge in [0.2, 0.25) is 0 Å². The molecule has 14 heteroatoms. The molecule has 0 saturated heterocycles. The van der Waals surface area contributed by atoms with E-state index in [2.05, 4.69) is 15.0 Å². The number of rotatable bonds is 3. The van der Waals surface area contributed by atoms with E-state index >= 15 is 0 Å². The van der Waals surface area contributed by atoms with E-state index in [-0.39, 0.29) is 22.4 Å². The molecule has 0 aromatic carbocycles. The standard InChI is InChI=1S/C11H14N4O.C11H13N3O.C10H10ClN3O/c1-7-5-4-6-9(13-7)15-11(16)10(12)8(2)14(15)3;1-8-5-4-6-10(12-8)14-11(15)7-9(2)13(14)3;1-7-6-10(15)14(13(7)2)9-5-3-4-8(11)12-9/h4-6H,12H2,1-3H3;4-7H,1-3H3;3-6H,1-2H3. The zero-order valence-electron chi connectivity index (χ0n) is 27.1. The fourth-order valence-corrected chi connectivity index (χ4v) is 4.77. The number of halogens is 1. The van der Waals surface area contributed by atoms with Gasteiger partial charge in [0.05, 0.1) is 5.69 Å². The fraction of sp³-hybridized carbons (Fsp3) is 0.250. The van der Waals surface area contributed by atoms with Gasteiger partial charge in [0, 0.05) is 56.1 Å². The highest BCUT2D eigenvalue weighted by Gasteiger charge is 2.14. The highest BCUT2D eigenvalue weighted by Crippen LogP contribution is 2.10. The number of pyridine rings is 3. The lowest BCUT2D eigenvalue weighted by molar-refractivity contribution is 0.617. The molecular weight excluding hydrogens is 608 g/mol. The second-order valence-electron chi connectivity index (χ2n) is 10.7. The van der Waals surface area contributed by atoms with E-state index in [0.717, 1.165) is 28.5 Å². The van der Waals surface area contributed by atoms with Crippen molar-refractivity contribution in [1.29, 1.82) is 0 Å². The van der Waals surface area contributed by atoms with Crippen LogP contribution >= 0.6 is 11.6 Å². The van der Waals surface area contributed by atoms with Crippen LogP contribution < -0.4 is 22.4 Å². The molecule has 0 bridgehead atoms. The number of nitrogens with two attached hydrogens (primary N) is 1. The van der Waals surface area contributed by atoms with Gasteiger partial charge in [-0.15, -0.1) is 0 Å². The van der Waals surface area contributed by atoms with Gasteiger partial charge in [-0.25, -0.2) is 15.0 Å². The molecule has 6 aromatic heterocycles. The van der Waals surface area contributed by atoms with Gasteiger partial charge >= 0.3 is 0 Å². The smallest absolute Gasteiger partial charge is 0.296 e. The van der Waals surface area contributed by atoms with E-state index in [1.165, 1.54) is 9.36 Å². The Bertz CT molecular complexity index is 2090. The number of nitrogens with zero attached hydrogens (tertiary/aromatic N) is 9. The van der Waals surface area contributed by atoms with Gasteiger partial charge in [-0.3, -0.25) is 28.4 Å². The number of anilines is 1. The zero-order valence-corrected chi connectivity index (χ0v) is 27.8. The molecule has 0 aliphatic heterocycles. The molecule has 0 atom stereocenters. The Morgan fingerprint density at radius 3 is 1.35 bits per heavy atom. The molecule has 0 fully saturated rings. The molecule has 0 aliphatic carbocycles. The van der Waals surface area contributed by atoms with Gasteiger partial charge < -0.3 is 5.73 Å². The minimum absolute atomic E-state index is 0.0481. The van der Waals surface area contributed by atoms with Gasteiger partial charge in [-0.05, 0) is 71.0 Å². The minimum atomic E-state index is -0.224. The number of aromatic nitrogens is 9. The Labute approximate surface area is 270 Å². The van der Waals surface area contributed by atoms with Crippen LogP contribution in [0, 0.1) is 34.6 Å². The highest BCUT2D eigenvalue weighted by molar-refractivity contribution is 6.29. The molecule has 6 aromatic rings. The van der Waals surface area contributed by atoms with Crippen LogP contribution in [0.2, 0.25) is 5.15 Å². The van der Waals surface area contributed by atoms with Crippen molar-refractivity contribution < 1.29 is 0 Å². The summed E-state index contributed by atoms with van der Waals surface area (Å²) in [5, 5.41) is 0.373. The molecule has 6 rings (SSSR count). The minimum Gasteiger partial charge on any atom is -0.393 e. The molecular formula is C32H37ClN10O3. The Balaban J connectivity index is 0.000000157. The van der Waals surface area contributed by atoms with Crippen molar-refractivity contribution in [1.82, 2.24) is 43.0 Å². The fourth-order valence-electron chi connectivity index (χ4n) is 4.61. The molecule has 0 unspecified atom stereocenters. The summed E-state index contributed by atoms with van der Waals surface area (Å²) in [6.07, 6.45) is 0. The zero-order chi connectivity index (χ0) is 33.9. The van der Waals surface area contributed by atoms with E-state index in [1.54, 1.807) is 69.2 Å². The summed E-state index contributed by atoms with van der Waals surface area (Å²) in [5.74, 6) is 1.78. The quantitative estimate of drug-likeness (QED) is 0.290. The summed E-state index contributed by atoms with van der Waals surface area (Å²) in [6.45, 7) is 9.36. The van der Waals surface area contributed by atoms with Crippen LogP contribution in [-0.2, 0) is 21.1 Å². The molecule has 2 N–H and O–H groups in total. The number of hydrogen-bond acceptors (Lipinski definition) is 7. The molecule has 0 spiro atoms. The average molecular weight is 645 g/mol. The first-order chi connectivity index (χ1) is 21.7. The van der Waals surface area contributed by atoms with Crippen molar-refractivity contribution in [3.63, 3.8) is 0 Å². The number of nitrogen functional groups attached to an aromatic ring is 1. The van der Waals surface area contributed by atoms with Crippen LogP contribution in [0.3, 0.4) is 0 Å². The molecule has 46 heavy (non-hydrogen) atoms. The first-order valence-corrected chi connectivity index (χ1v) is 14.7. The summed E-state index contributed by atoms with van der Waals surface area (Å²) < 4.78 is 9.74. The summed E-state index contributed by atoms with van der Waals surface area (Å²) in [6, 6.07) is 19.5. The first kappa shape index (κ1) is 33.5. The SMILES string of the molecule is Cc1cc(=O)n(-c2cccc(Cl)n2)n1C.Cc1cccc(-n2c(=O)c(N)c(C)n2C)n1.Cc1cccc(-n2c(=O)cc(C)n2C)n1. The molecule has 0 radical (unpaired) electrons. The maximum atomic E-state index is 11.9. The second-order valence-corrected chi connectivity index (χ2v) is 11.0. The summed E-state index contributed by atoms with van der Waals surface area (Å²) in [7, 11) is 5.44. The molecule has 0 amide bonds. The monoisotopic (exact) mass is 644 g/mol. The lowest BCUT2D eigenvalue weighted by Crippen LogP contribution is -2.21. The largest absolute Gasteiger partial charge is 0.393 e. The number of hydrogen-bond donors (Lipinski definition) is 1. The van der Waals surface area contributed by atoms with Crippen LogP contribution in [0.15, 0.2) is 81.1 Å². The van der Waals surface area contributed by atoms with E-state index < -0.39 is 0 Å². The van der Waals surface area contributed by atoms with Gasteiger partial charge in [-0.2, -0.15) is 14.0 Å². The molecule has 0 saturated carbocycles. The van der Waals surface area contributed by atoms with Crippen LogP contribution in [0.5, 0.6) is 0 Å². The summed E-state index contributed by atoms with van der Waals surface area (Å²) in [5.41, 5.74) is 9.89.